The van der Waals surface area contributed by atoms with E-state index in [0.29, 0.717) is 23.6 Å². The second kappa shape index (κ2) is 9.77. The van der Waals surface area contributed by atoms with Gasteiger partial charge in [-0.1, -0.05) is 12.1 Å². The maximum absolute atomic E-state index is 12.2. The van der Waals surface area contributed by atoms with E-state index in [2.05, 4.69) is 10.4 Å². The molecule has 0 spiro atoms. The summed E-state index contributed by atoms with van der Waals surface area (Å²) in [5, 5.41) is 15.8. The van der Waals surface area contributed by atoms with Crippen molar-refractivity contribution in [3.8, 4) is 17.0 Å². The summed E-state index contributed by atoms with van der Waals surface area (Å²) in [6.07, 6.45) is 2.16. The van der Waals surface area contributed by atoms with Gasteiger partial charge in [0.2, 0.25) is 5.91 Å². The molecule has 1 heterocycles. The number of methoxy groups -OCH3 is 1. The number of hydrogen-bond donors (Lipinski definition) is 2. The van der Waals surface area contributed by atoms with Crippen LogP contribution in [0.4, 0.5) is 0 Å². The molecule has 0 aliphatic rings. The lowest BCUT2D eigenvalue weighted by Gasteiger charge is -2.14. The zero-order chi connectivity index (χ0) is 19.8. The zero-order valence-electron chi connectivity index (χ0n) is 15.0. The molecule has 9 heteroatoms. The van der Waals surface area contributed by atoms with Crippen LogP contribution in [0.15, 0.2) is 41.2 Å². The van der Waals surface area contributed by atoms with E-state index in [9.17, 15) is 19.5 Å². The lowest BCUT2D eigenvalue weighted by Crippen LogP contribution is -2.44. The van der Waals surface area contributed by atoms with Gasteiger partial charge in [-0.05, 0) is 36.6 Å². The van der Waals surface area contributed by atoms with Gasteiger partial charge in [-0.2, -0.15) is 16.9 Å². The van der Waals surface area contributed by atoms with E-state index in [1.54, 1.807) is 31.4 Å². The number of hydrogen-bond acceptors (Lipinski definition) is 6. The van der Waals surface area contributed by atoms with E-state index in [1.807, 2.05) is 12.3 Å². The second-order valence-corrected chi connectivity index (χ2v) is 6.67. The number of aliphatic carboxylic acids is 1. The molecule has 1 amide bonds. The van der Waals surface area contributed by atoms with E-state index in [-0.39, 0.29) is 6.54 Å². The number of rotatable bonds is 9. The Morgan fingerprint density at radius 2 is 2.11 bits per heavy atom. The van der Waals surface area contributed by atoms with Gasteiger partial charge in [0.15, 0.2) is 0 Å². The molecule has 8 nitrogen and oxygen atoms in total. The molecule has 0 radical (unpaired) electrons. The molecular weight excluding hydrogens is 370 g/mol. The van der Waals surface area contributed by atoms with Gasteiger partial charge in [-0.15, -0.1) is 0 Å². The molecular formula is C18H21N3O5S. The number of carbonyl (C=O) groups is 2. The molecule has 0 fully saturated rings. The Morgan fingerprint density at radius 1 is 1.33 bits per heavy atom. The quantitative estimate of drug-likeness (QED) is 0.662. The Bertz CT molecular complexity index is 868. The first-order valence-corrected chi connectivity index (χ1v) is 9.57. The first-order chi connectivity index (χ1) is 12.9. The zero-order valence-corrected chi connectivity index (χ0v) is 15.9. The molecule has 0 unspecified atom stereocenters. The summed E-state index contributed by atoms with van der Waals surface area (Å²) >= 11 is 1.49. The van der Waals surface area contributed by atoms with E-state index >= 15 is 0 Å². The summed E-state index contributed by atoms with van der Waals surface area (Å²) in [6, 6.07) is 9.03. The lowest BCUT2D eigenvalue weighted by atomic mass is 10.1. The highest BCUT2D eigenvalue weighted by Crippen LogP contribution is 2.21. The van der Waals surface area contributed by atoms with Crippen LogP contribution in [0.3, 0.4) is 0 Å². The Labute approximate surface area is 160 Å². The molecule has 0 saturated heterocycles. The molecule has 1 atom stereocenters. The molecule has 1 aromatic carbocycles. The van der Waals surface area contributed by atoms with E-state index in [1.165, 1.54) is 17.8 Å². The molecule has 27 heavy (non-hydrogen) atoms. The SMILES string of the molecule is COc1cccc(-c2ccc(=O)n(CC(=O)N[C@@H](CCSC)C(=O)O)n2)c1. The average molecular weight is 391 g/mol. The highest BCUT2D eigenvalue weighted by molar-refractivity contribution is 7.98. The minimum atomic E-state index is -1.11. The number of thioether (sulfide) groups is 1. The molecule has 2 N–H and O–H groups in total. The second-order valence-electron chi connectivity index (χ2n) is 5.69. The Morgan fingerprint density at radius 3 is 2.78 bits per heavy atom. The summed E-state index contributed by atoms with van der Waals surface area (Å²) in [6.45, 7) is -0.361. The van der Waals surface area contributed by atoms with Crippen LogP contribution < -0.4 is 15.6 Å². The van der Waals surface area contributed by atoms with Crippen molar-refractivity contribution in [2.24, 2.45) is 0 Å². The van der Waals surface area contributed by atoms with Crippen molar-refractivity contribution in [1.82, 2.24) is 15.1 Å². The highest BCUT2D eigenvalue weighted by Gasteiger charge is 2.20. The summed E-state index contributed by atoms with van der Waals surface area (Å²) in [5.41, 5.74) is 0.776. The van der Waals surface area contributed by atoms with E-state index in [4.69, 9.17) is 4.74 Å². The Kier molecular flexibility index (Phi) is 7.42. The molecule has 0 aliphatic heterocycles. The van der Waals surface area contributed by atoms with Gasteiger partial charge in [-0.25, -0.2) is 9.48 Å². The van der Waals surface area contributed by atoms with Gasteiger partial charge in [0.25, 0.3) is 5.56 Å². The van der Waals surface area contributed by atoms with Gasteiger partial charge in [0, 0.05) is 11.6 Å². The fourth-order valence-corrected chi connectivity index (χ4v) is 2.84. The van der Waals surface area contributed by atoms with Crippen LogP contribution in [-0.2, 0) is 16.1 Å². The van der Waals surface area contributed by atoms with Gasteiger partial charge >= 0.3 is 5.97 Å². The number of amides is 1. The summed E-state index contributed by atoms with van der Waals surface area (Å²) in [7, 11) is 1.55. The number of carboxylic acids is 1. The van der Waals surface area contributed by atoms with Crippen molar-refractivity contribution in [2.45, 2.75) is 19.0 Å². The monoisotopic (exact) mass is 391 g/mol. The van der Waals surface area contributed by atoms with Crippen molar-refractivity contribution in [2.75, 3.05) is 19.1 Å². The van der Waals surface area contributed by atoms with Crippen LogP contribution in [0, 0.1) is 0 Å². The van der Waals surface area contributed by atoms with Crippen molar-refractivity contribution in [3.63, 3.8) is 0 Å². The maximum atomic E-state index is 12.2. The van der Waals surface area contributed by atoms with Crippen LogP contribution >= 0.6 is 11.8 Å². The third kappa shape index (κ3) is 5.85. The molecule has 0 bridgehead atoms. The third-order valence-electron chi connectivity index (χ3n) is 3.77. The molecule has 0 aliphatic carbocycles. The predicted octanol–water partition coefficient (Wildman–Crippen LogP) is 1.24. The fraction of sp³-hybridized carbons (Fsp3) is 0.333. The molecule has 0 saturated carbocycles. The normalized spacial score (nSPS) is 11.6. The predicted molar refractivity (Wildman–Crippen MR) is 103 cm³/mol. The largest absolute Gasteiger partial charge is 0.497 e. The van der Waals surface area contributed by atoms with Crippen molar-refractivity contribution in [1.29, 1.82) is 0 Å². The van der Waals surface area contributed by atoms with Gasteiger partial charge in [0.05, 0.1) is 12.8 Å². The summed E-state index contributed by atoms with van der Waals surface area (Å²) < 4.78 is 6.19. The molecule has 2 aromatic rings. The number of carboxylic acid groups (broad SMARTS) is 1. The standard InChI is InChI=1S/C18H21N3O5S/c1-26-13-5-3-4-12(10-13)14-6-7-17(23)21(20-14)11-16(22)19-15(18(24)25)8-9-27-2/h3-7,10,15H,8-9,11H2,1-2H3,(H,19,22)(H,24,25)/t15-/m0/s1. The van der Waals surface area contributed by atoms with Crippen LogP contribution in [0.1, 0.15) is 6.42 Å². The van der Waals surface area contributed by atoms with Crippen LogP contribution in [-0.4, -0.2) is 51.9 Å². The van der Waals surface area contributed by atoms with Crippen LogP contribution in [0.5, 0.6) is 5.75 Å². The fourth-order valence-electron chi connectivity index (χ4n) is 2.37. The average Bonchev–Trinajstić information content (AvgIpc) is 2.66. The minimum absolute atomic E-state index is 0.300. The van der Waals surface area contributed by atoms with Crippen LogP contribution in [0.2, 0.25) is 0 Å². The molecule has 2 rings (SSSR count). The number of benzene rings is 1. The first-order valence-electron chi connectivity index (χ1n) is 8.18. The number of carbonyl (C=O) groups excluding carboxylic acids is 1. The molecule has 144 valence electrons. The number of ether oxygens (including phenoxy) is 1. The Hall–Kier alpha value is -2.81. The van der Waals surface area contributed by atoms with Crippen molar-refractivity contribution < 1.29 is 19.4 Å². The van der Waals surface area contributed by atoms with E-state index in [0.717, 1.165) is 10.2 Å². The number of nitrogens with one attached hydrogen (secondary N) is 1. The smallest absolute Gasteiger partial charge is 0.326 e. The van der Waals surface area contributed by atoms with Gasteiger partial charge in [0.1, 0.15) is 18.3 Å². The van der Waals surface area contributed by atoms with Crippen molar-refractivity contribution >= 4 is 23.6 Å². The minimum Gasteiger partial charge on any atom is -0.497 e. The lowest BCUT2D eigenvalue weighted by molar-refractivity contribution is -0.142. The van der Waals surface area contributed by atoms with Gasteiger partial charge in [-0.3, -0.25) is 9.59 Å². The summed E-state index contributed by atoms with van der Waals surface area (Å²) in [4.78, 5) is 35.5. The number of aromatic nitrogens is 2. The third-order valence-corrected chi connectivity index (χ3v) is 4.41. The number of nitrogens with zero attached hydrogens (tertiary/aromatic N) is 2. The first kappa shape index (κ1) is 20.5. The van der Waals surface area contributed by atoms with Gasteiger partial charge < -0.3 is 15.2 Å². The topological polar surface area (TPSA) is 111 Å². The summed E-state index contributed by atoms with van der Waals surface area (Å²) in [5.74, 6) is -0.451. The Balaban J connectivity index is 2.17. The maximum Gasteiger partial charge on any atom is 0.326 e. The van der Waals surface area contributed by atoms with E-state index < -0.39 is 23.5 Å². The van der Waals surface area contributed by atoms with Crippen molar-refractivity contribution in [3.05, 3.63) is 46.8 Å². The highest BCUT2D eigenvalue weighted by atomic mass is 32.2. The van der Waals surface area contributed by atoms with Crippen LogP contribution in [0.25, 0.3) is 11.3 Å². The molecule has 1 aromatic heterocycles.